The molecule has 0 saturated heterocycles. The first kappa shape index (κ1) is 16.4. The number of thioether (sulfide) groups is 1. The first-order chi connectivity index (χ1) is 10.0. The number of carbonyl (C=O) groups excluding carboxylic acids is 2. The van der Waals surface area contributed by atoms with Gasteiger partial charge in [-0.1, -0.05) is 15.9 Å². The Morgan fingerprint density at radius 1 is 1.29 bits per heavy atom. The molecule has 0 radical (unpaired) electrons. The molecule has 1 N–H and O–H groups in total. The van der Waals surface area contributed by atoms with Crippen LogP contribution in [0.15, 0.2) is 28.7 Å². The lowest BCUT2D eigenvalue weighted by Gasteiger charge is -2.23. The van der Waals surface area contributed by atoms with Gasteiger partial charge in [0.25, 0.3) is 5.91 Å². The van der Waals surface area contributed by atoms with Gasteiger partial charge < -0.3 is 10.1 Å². The molecule has 6 heteroatoms. The van der Waals surface area contributed by atoms with Crippen molar-refractivity contribution in [3.63, 3.8) is 0 Å². The number of hydrogen-bond acceptors (Lipinski definition) is 4. The van der Waals surface area contributed by atoms with Gasteiger partial charge in [0, 0.05) is 23.0 Å². The minimum Gasteiger partial charge on any atom is -0.461 e. The molecule has 1 aliphatic rings. The molecular formula is C15H18BrNO3S. The molecule has 3 atom stereocenters. The van der Waals surface area contributed by atoms with Crippen molar-refractivity contribution >= 4 is 39.6 Å². The summed E-state index contributed by atoms with van der Waals surface area (Å²) in [6.07, 6.45) is 3.47. The third kappa shape index (κ3) is 4.23. The van der Waals surface area contributed by atoms with E-state index in [1.54, 1.807) is 23.9 Å². The first-order valence-corrected chi connectivity index (χ1v) is 8.86. The Balaban J connectivity index is 2.00. The summed E-state index contributed by atoms with van der Waals surface area (Å²) in [5.41, 5.74) is 0.633. The van der Waals surface area contributed by atoms with Gasteiger partial charge in [-0.2, -0.15) is 11.8 Å². The number of carbonyl (C=O) groups is 2. The second-order valence-electron chi connectivity index (χ2n) is 5.01. The zero-order valence-electron chi connectivity index (χ0n) is 12.0. The number of rotatable bonds is 4. The predicted molar refractivity (Wildman–Crippen MR) is 87.5 cm³/mol. The Hall–Kier alpha value is -1.01. The quantitative estimate of drug-likeness (QED) is 0.826. The Labute approximate surface area is 137 Å². The number of benzene rings is 1. The van der Waals surface area contributed by atoms with E-state index in [1.807, 2.05) is 18.4 Å². The molecule has 0 aromatic heterocycles. The molecule has 0 spiro atoms. The van der Waals surface area contributed by atoms with Crippen molar-refractivity contribution < 1.29 is 14.3 Å². The summed E-state index contributed by atoms with van der Waals surface area (Å²) < 4.78 is 6.27. The second kappa shape index (κ2) is 7.31. The molecule has 0 aliphatic heterocycles. The van der Waals surface area contributed by atoms with Gasteiger partial charge >= 0.3 is 5.97 Å². The molecule has 4 nitrogen and oxygen atoms in total. The molecule has 1 amide bonds. The van der Waals surface area contributed by atoms with Crippen LogP contribution >= 0.6 is 27.7 Å². The Kier molecular flexibility index (Phi) is 5.70. The predicted octanol–water partition coefficient (Wildman–Crippen LogP) is 3.00. The average molecular weight is 372 g/mol. The smallest absolute Gasteiger partial charge is 0.302 e. The van der Waals surface area contributed by atoms with Crippen molar-refractivity contribution in [1.29, 1.82) is 0 Å². The first-order valence-electron chi connectivity index (χ1n) is 6.77. The van der Waals surface area contributed by atoms with Gasteiger partial charge in [-0.05, 0) is 43.4 Å². The molecule has 1 aliphatic carbocycles. The van der Waals surface area contributed by atoms with Crippen LogP contribution in [0, 0.1) is 0 Å². The maximum absolute atomic E-state index is 12.3. The third-order valence-electron chi connectivity index (χ3n) is 3.54. The molecule has 21 heavy (non-hydrogen) atoms. The number of halogens is 1. The van der Waals surface area contributed by atoms with E-state index in [1.165, 1.54) is 6.92 Å². The van der Waals surface area contributed by atoms with Crippen LogP contribution in [-0.4, -0.2) is 35.5 Å². The van der Waals surface area contributed by atoms with Crippen LogP contribution < -0.4 is 5.32 Å². The molecule has 1 fully saturated rings. The summed E-state index contributed by atoms with van der Waals surface area (Å²) in [6, 6.07) is 7.28. The minimum atomic E-state index is -0.265. The minimum absolute atomic E-state index is 0.0282. The lowest BCUT2D eigenvalue weighted by Crippen LogP contribution is -2.42. The van der Waals surface area contributed by atoms with Crippen LogP contribution in [0.1, 0.15) is 30.1 Å². The molecule has 1 aromatic rings. The molecule has 1 aromatic carbocycles. The van der Waals surface area contributed by atoms with Crippen LogP contribution in [0.3, 0.4) is 0 Å². The van der Waals surface area contributed by atoms with Crippen LogP contribution in [0.4, 0.5) is 0 Å². The summed E-state index contributed by atoms with van der Waals surface area (Å²) >= 11 is 4.98. The van der Waals surface area contributed by atoms with Crippen molar-refractivity contribution in [2.75, 3.05) is 6.26 Å². The summed E-state index contributed by atoms with van der Waals surface area (Å²) in [5.74, 6) is -0.353. The standard InChI is InChI=1S/C15H18BrNO3S/c1-9(18)20-13-8-7-12(14(13)21-2)17-15(19)10-3-5-11(16)6-4-10/h3-6,12-14H,7-8H2,1-2H3,(H,17,19)/t12-,13-,14+/m1/s1. The summed E-state index contributed by atoms with van der Waals surface area (Å²) in [6.45, 7) is 1.42. The van der Waals surface area contributed by atoms with Gasteiger partial charge in [-0.15, -0.1) is 0 Å². The van der Waals surface area contributed by atoms with E-state index in [0.717, 1.165) is 17.3 Å². The highest BCUT2D eigenvalue weighted by Gasteiger charge is 2.38. The van der Waals surface area contributed by atoms with E-state index in [9.17, 15) is 9.59 Å². The fourth-order valence-electron chi connectivity index (χ4n) is 2.59. The van der Waals surface area contributed by atoms with E-state index in [0.29, 0.717) is 5.56 Å². The number of esters is 1. The Morgan fingerprint density at radius 3 is 2.52 bits per heavy atom. The Morgan fingerprint density at radius 2 is 1.95 bits per heavy atom. The molecule has 114 valence electrons. The van der Waals surface area contributed by atoms with Crippen molar-refractivity contribution in [3.8, 4) is 0 Å². The number of nitrogens with one attached hydrogen (secondary N) is 1. The zero-order valence-corrected chi connectivity index (χ0v) is 14.4. The van der Waals surface area contributed by atoms with Crippen molar-refractivity contribution in [2.45, 2.75) is 37.2 Å². The monoisotopic (exact) mass is 371 g/mol. The third-order valence-corrected chi connectivity index (χ3v) is 5.24. The highest BCUT2D eigenvalue weighted by atomic mass is 79.9. The number of hydrogen-bond donors (Lipinski definition) is 1. The van der Waals surface area contributed by atoms with Crippen LogP contribution in [-0.2, 0) is 9.53 Å². The summed E-state index contributed by atoms with van der Waals surface area (Å²) in [5, 5.41) is 3.16. The van der Waals surface area contributed by atoms with Gasteiger partial charge in [0.15, 0.2) is 0 Å². The molecular weight excluding hydrogens is 354 g/mol. The second-order valence-corrected chi connectivity index (χ2v) is 6.94. The highest BCUT2D eigenvalue weighted by molar-refractivity contribution is 9.10. The van der Waals surface area contributed by atoms with Gasteiger partial charge in [0.1, 0.15) is 6.10 Å². The normalized spacial score (nSPS) is 24.6. The van der Waals surface area contributed by atoms with Crippen LogP contribution in [0.2, 0.25) is 0 Å². The summed E-state index contributed by atoms with van der Waals surface area (Å²) in [4.78, 5) is 23.4. The lowest BCUT2D eigenvalue weighted by molar-refractivity contribution is -0.145. The van der Waals surface area contributed by atoms with E-state index < -0.39 is 0 Å². The van der Waals surface area contributed by atoms with Gasteiger partial charge in [0.05, 0.1) is 5.25 Å². The van der Waals surface area contributed by atoms with E-state index in [4.69, 9.17) is 4.74 Å². The molecule has 0 bridgehead atoms. The molecule has 2 rings (SSSR count). The zero-order chi connectivity index (χ0) is 15.4. The van der Waals surface area contributed by atoms with Crippen molar-refractivity contribution in [2.24, 2.45) is 0 Å². The average Bonchev–Trinajstić information content (AvgIpc) is 2.80. The van der Waals surface area contributed by atoms with Crippen LogP contribution in [0.5, 0.6) is 0 Å². The lowest BCUT2D eigenvalue weighted by atomic mass is 10.2. The van der Waals surface area contributed by atoms with Crippen molar-refractivity contribution in [3.05, 3.63) is 34.3 Å². The highest BCUT2D eigenvalue weighted by Crippen LogP contribution is 2.31. The number of amides is 1. The molecule has 0 unspecified atom stereocenters. The maximum atomic E-state index is 12.3. The molecule has 1 saturated carbocycles. The maximum Gasteiger partial charge on any atom is 0.302 e. The van der Waals surface area contributed by atoms with E-state index in [2.05, 4.69) is 21.2 Å². The molecule has 0 heterocycles. The van der Waals surface area contributed by atoms with Crippen LogP contribution in [0.25, 0.3) is 0 Å². The fraction of sp³-hybridized carbons (Fsp3) is 0.467. The fourth-order valence-corrected chi connectivity index (χ4v) is 3.89. The van der Waals surface area contributed by atoms with Gasteiger partial charge in [-0.25, -0.2) is 0 Å². The van der Waals surface area contributed by atoms with E-state index >= 15 is 0 Å². The van der Waals surface area contributed by atoms with Gasteiger partial charge in [-0.3, -0.25) is 9.59 Å². The Bertz CT molecular complexity index is 520. The SMILES string of the molecule is CS[C@H]1[C@H](NC(=O)c2ccc(Br)cc2)CC[C@H]1OC(C)=O. The van der Waals surface area contributed by atoms with Gasteiger partial charge in [0.2, 0.25) is 0 Å². The van der Waals surface area contributed by atoms with Crippen molar-refractivity contribution in [1.82, 2.24) is 5.32 Å². The number of ether oxygens (including phenoxy) is 1. The largest absolute Gasteiger partial charge is 0.461 e. The van der Waals surface area contributed by atoms with E-state index in [-0.39, 0.29) is 29.3 Å². The topological polar surface area (TPSA) is 55.4 Å². The summed E-state index contributed by atoms with van der Waals surface area (Å²) in [7, 11) is 0.